The van der Waals surface area contributed by atoms with Crippen molar-refractivity contribution >= 4 is 17.0 Å². The summed E-state index contributed by atoms with van der Waals surface area (Å²) < 4.78 is 7.23. The molecule has 6 nitrogen and oxygen atoms in total. The van der Waals surface area contributed by atoms with Crippen molar-refractivity contribution in [1.29, 1.82) is 0 Å². The molecule has 0 radical (unpaired) electrons. The van der Waals surface area contributed by atoms with E-state index in [1.807, 2.05) is 53.1 Å². The summed E-state index contributed by atoms with van der Waals surface area (Å²) in [6, 6.07) is 26.5. The Balaban J connectivity index is 1.43. The molecule has 32 heavy (non-hydrogen) atoms. The number of hydrogen-bond acceptors (Lipinski definition) is 5. The lowest BCUT2D eigenvalue weighted by atomic mass is 10.1. The van der Waals surface area contributed by atoms with E-state index in [4.69, 9.17) is 9.72 Å². The Morgan fingerprint density at radius 1 is 0.875 bits per heavy atom. The van der Waals surface area contributed by atoms with Crippen LogP contribution in [0.15, 0.2) is 91.4 Å². The van der Waals surface area contributed by atoms with Crippen LogP contribution >= 0.6 is 0 Å². The highest BCUT2D eigenvalue weighted by Gasteiger charge is 2.11. The second-order valence-corrected chi connectivity index (χ2v) is 7.56. The molecule has 1 atom stereocenters. The predicted octanol–water partition coefficient (Wildman–Crippen LogP) is 5.66. The van der Waals surface area contributed by atoms with Gasteiger partial charge in [-0.25, -0.2) is 9.97 Å². The average Bonchev–Trinajstić information content (AvgIpc) is 3.28. The quantitative estimate of drug-likeness (QED) is 0.383. The fraction of sp³-hybridized carbons (Fsp3) is 0.115. The molecule has 0 saturated carbocycles. The van der Waals surface area contributed by atoms with Crippen LogP contribution in [0.4, 0.5) is 5.95 Å². The Kier molecular flexibility index (Phi) is 5.25. The Morgan fingerprint density at radius 2 is 1.66 bits per heavy atom. The van der Waals surface area contributed by atoms with Crippen LogP contribution in [0.1, 0.15) is 18.5 Å². The topological polar surface area (TPSA) is 64.9 Å². The van der Waals surface area contributed by atoms with Gasteiger partial charge in [0.2, 0.25) is 5.95 Å². The first-order chi connectivity index (χ1) is 15.7. The van der Waals surface area contributed by atoms with E-state index in [-0.39, 0.29) is 6.04 Å². The standard InChI is InChI=1S/C26H23N5O/c1-18(19-6-4-3-5-7-19)29-26-27-15-14-25(30-26)31-17-28-23-16-21(10-13-24(23)31)20-8-11-22(32-2)12-9-20/h3-18H,1-2H3,(H,27,29,30)/t18-/m0/s1. The van der Waals surface area contributed by atoms with Crippen molar-refractivity contribution in [3.8, 4) is 22.7 Å². The van der Waals surface area contributed by atoms with E-state index in [2.05, 4.69) is 52.5 Å². The van der Waals surface area contributed by atoms with Crippen LogP contribution in [0.5, 0.6) is 5.75 Å². The predicted molar refractivity (Wildman–Crippen MR) is 127 cm³/mol. The zero-order valence-corrected chi connectivity index (χ0v) is 17.9. The summed E-state index contributed by atoms with van der Waals surface area (Å²) in [6.07, 6.45) is 3.56. The first-order valence-electron chi connectivity index (χ1n) is 10.5. The molecule has 3 aromatic carbocycles. The maximum absolute atomic E-state index is 5.25. The number of fused-ring (bicyclic) bond motifs is 1. The summed E-state index contributed by atoms with van der Waals surface area (Å²) in [5.41, 5.74) is 5.30. The molecule has 2 heterocycles. The van der Waals surface area contributed by atoms with Gasteiger partial charge in [-0.05, 0) is 53.9 Å². The van der Waals surface area contributed by atoms with Gasteiger partial charge in [0.1, 0.15) is 17.9 Å². The number of methoxy groups -OCH3 is 1. The zero-order chi connectivity index (χ0) is 21.9. The van der Waals surface area contributed by atoms with Crippen molar-refractivity contribution in [2.24, 2.45) is 0 Å². The van der Waals surface area contributed by atoms with Gasteiger partial charge in [0.25, 0.3) is 0 Å². The largest absolute Gasteiger partial charge is 0.497 e. The molecule has 0 saturated heterocycles. The van der Waals surface area contributed by atoms with E-state index in [1.165, 1.54) is 5.56 Å². The molecule has 0 fully saturated rings. The average molecular weight is 422 g/mol. The third kappa shape index (κ3) is 3.90. The molecule has 6 heteroatoms. The summed E-state index contributed by atoms with van der Waals surface area (Å²) in [6.45, 7) is 2.10. The van der Waals surface area contributed by atoms with Crippen LogP contribution in [0, 0.1) is 0 Å². The molecule has 1 N–H and O–H groups in total. The molecule has 2 aromatic heterocycles. The monoisotopic (exact) mass is 421 g/mol. The van der Waals surface area contributed by atoms with Crippen molar-refractivity contribution in [2.45, 2.75) is 13.0 Å². The summed E-state index contributed by atoms with van der Waals surface area (Å²) in [5, 5.41) is 3.38. The lowest BCUT2D eigenvalue weighted by Gasteiger charge is -2.14. The van der Waals surface area contributed by atoms with Gasteiger partial charge in [-0.2, -0.15) is 4.98 Å². The van der Waals surface area contributed by atoms with Crippen molar-refractivity contribution in [3.63, 3.8) is 0 Å². The molecule has 0 unspecified atom stereocenters. The van der Waals surface area contributed by atoms with Gasteiger partial charge in [-0.15, -0.1) is 0 Å². The number of imidazole rings is 1. The second kappa shape index (κ2) is 8.51. The molecule has 0 amide bonds. The Labute approximate surface area is 186 Å². The van der Waals surface area contributed by atoms with Gasteiger partial charge in [-0.3, -0.25) is 4.57 Å². The fourth-order valence-electron chi connectivity index (χ4n) is 3.73. The molecule has 0 aliphatic rings. The number of nitrogens with zero attached hydrogens (tertiary/aromatic N) is 4. The molecule has 158 valence electrons. The lowest BCUT2D eigenvalue weighted by molar-refractivity contribution is 0.415. The Hall–Kier alpha value is -4.19. The van der Waals surface area contributed by atoms with E-state index in [9.17, 15) is 0 Å². The first-order valence-corrected chi connectivity index (χ1v) is 10.5. The third-order valence-corrected chi connectivity index (χ3v) is 5.50. The summed E-state index contributed by atoms with van der Waals surface area (Å²) in [7, 11) is 1.67. The summed E-state index contributed by atoms with van der Waals surface area (Å²) in [5.74, 6) is 2.19. The molecule has 0 aliphatic heterocycles. The number of benzene rings is 3. The highest BCUT2D eigenvalue weighted by molar-refractivity contribution is 5.83. The number of aromatic nitrogens is 4. The number of hydrogen-bond donors (Lipinski definition) is 1. The van der Waals surface area contributed by atoms with E-state index in [0.717, 1.165) is 33.7 Å². The molecule has 0 bridgehead atoms. The summed E-state index contributed by atoms with van der Waals surface area (Å²) in [4.78, 5) is 13.7. The minimum Gasteiger partial charge on any atom is -0.497 e. The third-order valence-electron chi connectivity index (χ3n) is 5.50. The van der Waals surface area contributed by atoms with Gasteiger partial charge in [0.15, 0.2) is 0 Å². The second-order valence-electron chi connectivity index (χ2n) is 7.56. The van der Waals surface area contributed by atoms with Crippen LogP contribution in [0.3, 0.4) is 0 Å². The minimum atomic E-state index is 0.0954. The molecule has 5 aromatic rings. The smallest absolute Gasteiger partial charge is 0.225 e. The Morgan fingerprint density at radius 3 is 2.44 bits per heavy atom. The van der Waals surface area contributed by atoms with Crippen LogP contribution in [0.2, 0.25) is 0 Å². The van der Waals surface area contributed by atoms with Crippen molar-refractivity contribution in [3.05, 3.63) is 97.0 Å². The van der Waals surface area contributed by atoms with Crippen molar-refractivity contribution in [2.75, 3.05) is 12.4 Å². The van der Waals surface area contributed by atoms with E-state index < -0.39 is 0 Å². The molecule has 5 rings (SSSR count). The van der Waals surface area contributed by atoms with Crippen LogP contribution in [0.25, 0.3) is 28.0 Å². The number of anilines is 1. The van der Waals surface area contributed by atoms with Gasteiger partial charge < -0.3 is 10.1 Å². The van der Waals surface area contributed by atoms with Gasteiger partial charge >= 0.3 is 0 Å². The van der Waals surface area contributed by atoms with E-state index in [0.29, 0.717) is 5.95 Å². The minimum absolute atomic E-state index is 0.0954. The molecule has 0 aliphatic carbocycles. The van der Waals surface area contributed by atoms with Gasteiger partial charge in [0, 0.05) is 6.20 Å². The maximum atomic E-state index is 5.25. The number of rotatable bonds is 6. The zero-order valence-electron chi connectivity index (χ0n) is 17.9. The molecular weight excluding hydrogens is 398 g/mol. The van der Waals surface area contributed by atoms with Crippen LogP contribution in [-0.2, 0) is 0 Å². The highest BCUT2D eigenvalue weighted by atomic mass is 16.5. The summed E-state index contributed by atoms with van der Waals surface area (Å²) >= 11 is 0. The van der Waals surface area contributed by atoms with E-state index >= 15 is 0 Å². The first kappa shape index (κ1) is 19.8. The SMILES string of the molecule is COc1ccc(-c2ccc3c(c2)ncn3-c2ccnc(N[C@@H](C)c3ccccc3)n2)cc1. The lowest BCUT2D eigenvalue weighted by Crippen LogP contribution is -2.10. The number of ether oxygens (including phenoxy) is 1. The molecular formula is C26H23N5O. The highest BCUT2D eigenvalue weighted by Crippen LogP contribution is 2.27. The Bertz CT molecular complexity index is 1350. The fourth-order valence-corrected chi connectivity index (χ4v) is 3.73. The van der Waals surface area contributed by atoms with Crippen molar-refractivity contribution in [1.82, 2.24) is 19.5 Å². The molecule has 0 spiro atoms. The van der Waals surface area contributed by atoms with Crippen LogP contribution < -0.4 is 10.1 Å². The number of nitrogens with one attached hydrogen (secondary N) is 1. The van der Waals surface area contributed by atoms with Gasteiger partial charge in [0.05, 0.1) is 24.2 Å². The maximum Gasteiger partial charge on any atom is 0.225 e. The normalized spacial score (nSPS) is 11.9. The van der Waals surface area contributed by atoms with Crippen LogP contribution in [-0.4, -0.2) is 26.6 Å². The van der Waals surface area contributed by atoms with E-state index in [1.54, 1.807) is 19.6 Å². The van der Waals surface area contributed by atoms with Crippen molar-refractivity contribution < 1.29 is 4.74 Å². The van der Waals surface area contributed by atoms with Gasteiger partial charge in [-0.1, -0.05) is 48.5 Å².